The van der Waals surface area contributed by atoms with E-state index in [0.29, 0.717) is 19.3 Å². The Kier molecular flexibility index (Phi) is 4.51. The van der Waals surface area contributed by atoms with Gasteiger partial charge in [0.2, 0.25) is 5.91 Å². The second kappa shape index (κ2) is 6.01. The summed E-state index contributed by atoms with van der Waals surface area (Å²) in [5, 5.41) is 12.4. The zero-order valence-electron chi connectivity index (χ0n) is 12.4. The average molecular weight is 309 g/mol. The first-order valence-electron chi connectivity index (χ1n) is 6.80. The van der Waals surface area contributed by atoms with E-state index in [1.165, 1.54) is 11.8 Å². The van der Waals surface area contributed by atoms with Gasteiger partial charge in [-0.05, 0) is 44.9 Å². The summed E-state index contributed by atoms with van der Waals surface area (Å²) in [5.41, 5.74) is 1.70. The standard InChI is InChI=1S/C14H19N3O3S/c1-8-10(9(2)16-13(15-8)21-3)4-5-11(18)17-14(6-7-14)12(19)20/h4-7H2,1-3H3,(H,17,18)(H,19,20). The number of aryl methyl sites for hydroxylation is 2. The van der Waals surface area contributed by atoms with Crippen LogP contribution in [0.2, 0.25) is 0 Å². The van der Waals surface area contributed by atoms with Crippen LogP contribution in [0.15, 0.2) is 5.16 Å². The Hall–Kier alpha value is -1.63. The normalized spacial score (nSPS) is 15.6. The van der Waals surface area contributed by atoms with E-state index in [2.05, 4.69) is 15.3 Å². The van der Waals surface area contributed by atoms with Gasteiger partial charge in [-0.2, -0.15) is 0 Å². The highest BCUT2D eigenvalue weighted by molar-refractivity contribution is 7.98. The van der Waals surface area contributed by atoms with Crippen LogP contribution in [-0.2, 0) is 16.0 Å². The number of aromatic nitrogens is 2. The molecule has 1 heterocycles. The van der Waals surface area contributed by atoms with Gasteiger partial charge in [0.1, 0.15) is 5.54 Å². The number of nitrogens with zero attached hydrogens (tertiary/aromatic N) is 2. The molecule has 0 unspecified atom stereocenters. The molecule has 0 atom stereocenters. The monoisotopic (exact) mass is 309 g/mol. The number of aliphatic carboxylic acids is 1. The van der Waals surface area contributed by atoms with Crippen LogP contribution in [0, 0.1) is 13.8 Å². The molecule has 6 nitrogen and oxygen atoms in total. The fraction of sp³-hybridized carbons (Fsp3) is 0.571. The van der Waals surface area contributed by atoms with E-state index in [1.54, 1.807) is 0 Å². The van der Waals surface area contributed by atoms with Crippen LogP contribution in [0.3, 0.4) is 0 Å². The number of carbonyl (C=O) groups excluding carboxylic acids is 1. The Morgan fingerprint density at radius 3 is 2.29 bits per heavy atom. The van der Waals surface area contributed by atoms with E-state index >= 15 is 0 Å². The van der Waals surface area contributed by atoms with Crippen molar-refractivity contribution in [3.05, 3.63) is 17.0 Å². The van der Waals surface area contributed by atoms with Crippen molar-refractivity contribution in [1.82, 2.24) is 15.3 Å². The first-order chi connectivity index (χ1) is 9.88. The Bertz CT molecular complexity index is 562. The summed E-state index contributed by atoms with van der Waals surface area (Å²) in [6.07, 6.45) is 3.71. The number of amides is 1. The summed E-state index contributed by atoms with van der Waals surface area (Å²) in [4.78, 5) is 31.7. The number of thioether (sulfide) groups is 1. The Balaban J connectivity index is 1.97. The summed E-state index contributed by atoms with van der Waals surface area (Å²) in [6.45, 7) is 3.81. The van der Waals surface area contributed by atoms with Gasteiger partial charge in [-0.25, -0.2) is 14.8 Å². The number of nitrogens with one attached hydrogen (secondary N) is 1. The van der Waals surface area contributed by atoms with E-state index in [-0.39, 0.29) is 12.3 Å². The van der Waals surface area contributed by atoms with Crippen LogP contribution in [0.25, 0.3) is 0 Å². The first kappa shape index (κ1) is 15.8. The predicted octanol–water partition coefficient (Wildman–Crippen LogP) is 1.48. The maximum absolute atomic E-state index is 11.9. The molecule has 0 aromatic carbocycles. The molecular formula is C14H19N3O3S. The molecule has 1 aliphatic carbocycles. The number of carboxylic acids is 1. The van der Waals surface area contributed by atoms with Gasteiger partial charge in [-0.3, -0.25) is 4.79 Å². The molecule has 1 fully saturated rings. The third kappa shape index (κ3) is 3.53. The third-order valence-electron chi connectivity index (χ3n) is 3.72. The topological polar surface area (TPSA) is 92.2 Å². The molecule has 2 N–H and O–H groups in total. The van der Waals surface area contributed by atoms with Gasteiger partial charge < -0.3 is 10.4 Å². The average Bonchev–Trinajstić information content (AvgIpc) is 3.18. The molecule has 1 saturated carbocycles. The molecular weight excluding hydrogens is 290 g/mol. The molecule has 21 heavy (non-hydrogen) atoms. The van der Waals surface area contributed by atoms with Crippen LogP contribution in [0.5, 0.6) is 0 Å². The summed E-state index contributed by atoms with van der Waals surface area (Å²) in [6, 6.07) is 0. The zero-order chi connectivity index (χ0) is 15.6. The summed E-state index contributed by atoms with van der Waals surface area (Å²) in [7, 11) is 0. The SMILES string of the molecule is CSc1nc(C)c(CCC(=O)NC2(C(=O)O)CC2)c(C)n1. The van der Waals surface area contributed by atoms with Gasteiger partial charge in [0.25, 0.3) is 0 Å². The Morgan fingerprint density at radius 2 is 1.86 bits per heavy atom. The van der Waals surface area contributed by atoms with E-state index < -0.39 is 11.5 Å². The molecule has 7 heteroatoms. The lowest BCUT2D eigenvalue weighted by molar-refractivity contribution is -0.143. The number of carboxylic acid groups (broad SMARTS) is 1. The molecule has 1 amide bonds. The maximum atomic E-state index is 11.9. The van der Waals surface area contributed by atoms with Gasteiger partial charge in [-0.1, -0.05) is 11.8 Å². The lowest BCUT2D eigenvalue weighted by atomic mass is 10.1. The number of hydrogen-bond donors (Lipinski definition) is 2. The van der Waals surface area contributed by atoms with Crippen LogP contribution >= 0.6 is 11.8 Å². The lowest BCUT2D eigenvalue weighted by Gasteiger charge is -2.13. The van der Waals surface area contributed by atoms with Crippen LogP contribution in [0.1, 0.15) is 36.2 Å². The van der Waals surface area contributed by atoms with Crippen molar-refractivity contribution < 1.29 is 14.7 Å². The van der Waals surface area contributed by atoms with Crippen LogP contribution in [0.4, 0.5) is 0 Å². The smallest absolute Gasteiger partial charge is 0.329 e. The van der Waals surface area contributed by atoms with Crippen molar-refractivity contribution in [2.24, 2.45) is 0 Å². The second-order valence-corrected chi connectivity index (χ2v) is 6.07. The molecule has 0 aliphatic heterocycles. The van der Waals surface area contributed by atoms with Gasteiger partial charge in [0.15, 0.2) is 5.16 Å². The van der Waals surface area contributed by atoms with Gasteiger partial charge in [0.05, 0.1) is 0 Å². The van der Waals surface area contributed by atoms with Crippen molar-refractivity contribution >= 4 is 23.6 Å². The minimum absolute atomic E-state index is 0.234. The molecule has 1 aliphatic rings. The maximum Gasteiger partial charge on any atom is 0.329 e. The Morgan fingerprint density at radius 1 is 1.29 bits per heavy atom. The quantitative estimate of drug-likeness (QED) is 0.611. The van der Waals surface area contributed by atoms with Crippen molar-refractivity contribution in [2.45, 2.75) is 50.2 Å². The molecule has 2 rings (SSSR count). The highest BCUT2D eigenvalue weighted by Gasteiger charge is 2.51. The van der Waals surface area contributed by atoms with Crippen molar-refractivity contribution in [3.8, 4) is 0 Å². The van der Waals surface area contributed by atoms with Crippen molar-refractivity contribution in [1.29, 1.82) is 0 Å². The van der Waals surface area contributed by atoms with Gasteiger partial charge >= 0.3 is 5.97 Å². The largest absolute Gasteiger partial charge is 0.480 e. The highest BCUT2D eigenvalue weighted by Crippen LogP contribution is 2.35. The van der Waals surface area contributed by atoms with E-state index in [9.17, 15) is 9.59 Å². The third-order valence-corrected chi connectivity index (χ3v) is 4.27. The van der Waals surface area contributed by atoms with Crippen LogP contribution < -0.4 is 5.32 Å². The van der Waals surface area contributed by atoms with Crippen LogP contribution in [-0.4, -0.2) is 38.7 Å². The van der Waals surface area contributed by atoms with Crippen molar-refractivity contribution in [2.75, 3.05) is 6.26 Å². The zero-order valence-corrected chi connectivity index (χ0v) is 13.2. The minimum Gasteiger partial charge on any atom is -0.480 e. The predicted molar refractivity (Wildman–Crippen MR) is 79.4 cm³/mol. The lowest BCUT2D eigenvalue weighted by Crippen LogP contribution is -2.43. The highest BCUT2D eigenvalue weighted by atomic mass is 32.2. The second-order valence-electron chi connectivity index (χ2n) is 5.30. The molecule has 0 radical (unpaired) electrons. The number of carbonyl (C=O) groups is 2. The van der Waals surface area contributed by atoms with Gasteiger partial charge in [0, 0.05) is 17.8 Å². The van der Waals surface area contributed by atoms with E-state index in [0.717, 1.165) is 22.1 Å². The molecule has 1 aromatic heterocycles. The van der Waals surface area contributed by atoms with Crippen molar-refractivity contribution in [3.63, 3.8) is 0 Å². The Labute approximate surface area is 127 Å². The fourth-order valence-electron chi connectivity index (χ4n) is 2.25. The summed E-state index contributed by atoms with van der Waals surface area (Å²) < 4.78 is 0. The number of rotatable bonds is 6. The summed E-state index contributed by atoms with van der Waals surface area (Å²) in [5.74, 6) is -1.18. The van der Waals surface area contributed by atoms with E-state index in [1.807, 2.05) is 20.1 Å². The molecule has 1 aromatic rings. The minimum atomic E-state index is -1.01. The fourth-order valence-corrected chi connectivity index (χ4v) is 2.70. The first-order valence-corrected chi connectivity index (χ1v) is 8.03. The molecule has 0 saturated heterocycles. The van der Waals surface area contributed by atoms with Gasteiger partial charge in [-0.15, -0.1) is 0 Å². The summed E-state index contributed by atoms with van der Waals surface area (Å²) >= 11 is 1.48. The molecule has 0 bridgehead atoms. The number of hydrogen-bond acceptors (Lipinski definition) is 5. The van der Waals surface area contributed by atoms with E-state index in [4.69, 9.17) is 5.11 Å². The molecule has 0 spiro atoms. The molecule has 114 valence electrons.